The number of rotatable bonds is 6. The highest BCUT2D eigenvalue weighted by molar-refractivity contribution is 7.89. The van der Waals surface area contributed by atoms with Gasteiger partial charge in [0.25, 0.3) is 5.91 Å². The Kier molecular flexibility index (Phi) is 6.59. The molecule has 7 nitrogen and oxygen atoms in total. The zero-order chi connectivity index (χ0) is 22.0. The van der Waals surface area contributed by atoms with Gasteiger partial charge in [-0.05, 0) is 49.2 Å². The zero-order valence-electron chi connectivity index (χ0n) is 17.0. The number of aromatic nitrogens is 1. The maximum absolute atomic E-state index is 12.8. The highest BCUT2D eigenvalue weighted by atomic mass is 35.5. The van der Waals surface area contributed by atoms with E-state index in [-0.39, 0.29) is 4.90 Å². The molecule has 0 unspecified atom stereocenters. The van der Waals surface area contributed by atoms with E-state index in [2.05, 4.69) is 4.99 Å². The molecule has 31 heavy (non-hydrogen) atoms. The molecule has 4 rings (SSSR count). The van der Waals surface area contributed by atoms with Gasteiger partial charge in [-0.2, -0.15) is 9.30 Å². The van der Waals surface area contributed by atoms with E-state index in [0.717, 1.165) is 23.1 Å². The molecule has 164 valence electrons. The lowest BCUT2D eigenvalue weighted by Crippen LogP contribution is -2.27. The van der Waals surface area contributed by atoms with Crippen molar-refractivity contribution in [2.24, 2.45) is 4.99 Å². The van der Waals surface area contributed by atoms with Crippen LogP contribution in [0.4, 0.5) is 0 Å². The number of benzene rings is 2. The number of ether oxygens (including phenoxy) is 1. The van der Waals surface area contributed by atoms with Crippen LogP contribution in [0, 0.1) is 0 Å². The van der Waals surface area contributed by atoms with E-state index in [4.69, 9.17) is 16.3 Å². The third kappa shape index (κ3) is 4.47. The van der Waals surface area contributed by atoms with Crippen molar-refractivity contribution in [1.29, 1.82) is 0 Å². The van der Waals surface area contributed by atoms with Gasteiger partial charge in [0.1, 0.15) is 0 Å². The number of sulfonamides is 1. The average Bonchev–Trinajstić information content (AvgIpc) is 3.42. The van der Waals surface area contributed by atoms with Gasteiger partial charge in [-0.15, -0.1) is 0 Å². The Labute approximate surface area is 189 Å². The monoisotopic (exact) mass is 479 g/mol. The van der Waals surface area contributed by atoms with E-state index >= 15 is 0 Å². The number of carbonyl (C=O) groups excluding carboxylic acids is 1. The van der Waals surface area contributed by atoms with Crippen molar-refractivity contribution in [1.82, 2.24) is 8.87 Å². The van der Waals surface area contributed by atoms with Gasteiger partial charge in [-0.3, -0.25) is 4.79 Å². The minimum atomic E-state index is -3.52. The Balaban J connectivity index is 1.67. The predicted octanol–water partition coefficient (Wildman–Crippen LogP) is 3.53. The number of methoxy groups -OCH3 is 1. The molecule has 10 heteroatoms. The SMILES string of the molecule is COCCn1c(=NC(=O)c2ccc(S(=O)(=O)N3CCCC3)cc2)sc2cccc(Cl)c21. The van der Waals surface area contributed by atoms with Crippen LogP contribution in [-0.4, -0.2) is 50.0 Å². The van der Waals surface area contributed by atoms with Gasteiger partial charge in [-0.25, -0.2) is 8.42 Å². The third-order valence-electron chi connectivity index (χ3n) is 5.17. The van der Waals surface area contributed by atoms with Crippen LogP contribution in [0.2, 0.25) is 5.02 Å². The summed E-state index contributed by atoms with van der Waals surface area (Å²) >= 11 is 7.75. The second-order valence-electron chi connectivity index (χ2n) is 7.17. The van der Waals surface area contributed by atoms with Crippen molar-refractivity contribution in [2.45, 2.75) is 24.3 Å². The summed E-state index contributed by atoms with van der Waals surface area (Å²) in [6.45, 7) is 2.02. The fraction of sp³-hybridized carbons (Fsp3) is 0.333. The fourth-order valence-corrected chi connectivity index (χ4v) is 6.49. The second-order valence-corrected chi connectivity index (χ2v) is 10.5. The molecule has 0 atom stereocenters. The van der Waals surface area contributed by atoms with Crippen LogP contribution >= 0.6 is 22.9 Å². The number of halogens is 1. The van der Waals surface area contributed by atoms with Crippen LogP contribution in [0.25, 0.3) is 10.2 Å². The molecule has 2 aromatic carbocycles. The van der Waals surface area contributed by atoms with Gasteiger partial charge in [0.15, 0.2) is 4.80 Å². The summed E-state index contributed by atoms with van der Waals surface area (Å²) in [5.41, 5.74) is 1.13. The van der Waals surface area contributed by atoms with Crippen LogP contribution < -0.4 is 4.80 Å². The summed E-state index contributed by atoms with van der Waals surface area (Å²) in [6.07, 6.45) is 1.74. The Morgan fingerprint density at radius 3 is 2.55 bits per heavy atom. The maximum Gasteiger partial charge on any atom is 0.279 e. The number of fused-ring (bicyclic) bond motifs is 1. The van der Waals surface area contributed by atoms with Gasteiger partial charge in [0, 0.05) is 32.3 Å². The summed E-state index contributed by atoms with van der Waals surface area (Å²) in [6, 6.07) is 11.5. The van der Waals surface area contributed by atoms with Gasteiger partial charge in [0.2, 0.25) is 10.0 Å². The largest absolute Gasteiger partial charge is 0.383 e. The number of para-hydroxylation sites is 1. The Hall–Kier alpha value is -2.04. The van der Waals surface area contributed by atoms with Crippen molar-refractivity contribution < 1.29 is 17.9 Å². The van der Waals surface area contributed by atoms with E-state index in [9.17, 15) is 13.2 Å². The minimum Gasteiger partial charge on any atom is -0.383 e. The van der Waals surface area contributed by atoms with E-state index in [1.165, 1.54) is 39.9 Å². The summed E-state index contributed by atoms with van der Waals surface area (Å²) in [5.74, 6) is -0.445. The molecule has 0 saturated carbocycles. The smallest absolute Gasteiger partial charge is 0.279 e. The number of hydrogen-bond donors (Lipinski definition) is 0. The molecule has 2 heterocycles. The van der Waals surface area contributed by atoms with Crippen LogP contribution in [0.3, 0.4) is 0 Å². The molecule has 1 amide bonds. The highest BCUT2D eigenvalue weighted by Crippen LogP contribution is 2.25. The van der Waals surface area contributed by atoms with Crippen LogP contribution in [-0.2, 0) is 21.3 Å². The molecule has 1 aromatic heterocycles. The topological polar surface area (TPSA) is 81.0 Å². The van der Waals surface area contributed by atoms with E-state index in [0.29, 0.717) is 41.6 Å². The molecular formula is C21H22ClN3O4S2. The lowest BCUT2D eigenvalue weighted by molar-refractivity contribution is 0.0997. The number of carbonyl (C=O) groups is 1. The third-order valence-corrected chi connectivity index (χ3v) is 8.43. The molecule has 1 aliphatic heterocycles. The predicted molar refractivity (Wildman–Crippen MR) is 121 cm³/mol. The summed E-state index contributed by atoms with van der Waals surface area (Å²) < 4.78 is 34.8. The molecule has 0 aliphatic carbocycles. The van der Waals surface area contributed by atoms with Crippen LogP contribution in [0.15, 0.2) is 52.4 Å². The maximum atomic E-state index is 12.8. The van der Waals surface area contributed by atoms with Gasteiger partial charge >= 0.3 is 0 Å². The summed E-state index contributed by atoms with van der Waals surface area (Å²) in [4.78, 5) is 17.8. The second kappa shape index (κ2) is 9.22. The van der Waals surface area contributed by atoms with Crippen molar-refractivity contribution in [3.8, 4) is 0 Å². The Morgan fingerprint density at radius 1 is 1.16 bits per heavy atom. The standard InChI is InChI=1S/C21H22ClN3O4S2/c1-29-14-13-25-19-17(22)5-4-6-18(19)30-21(25)23-20(26)15-7-9-16(10-8-15)31(27,28)24-11-2-3-12-24/h4-10H,2-3,11-14H2,1H3. The van der Waals surface area contributed by atoms with Crippen LogP contribution in [0.5, 0.6) is 0 Å². The summed E-state index contributed by atoms with van der Waals surface area (Å²) in [7, 11) is -1.91. The normalized spacial score (nSPS) is 15.7. The first kappa shape index (κ1) is 22.2. The molecule has 0 N–H and O–H groups in total. The number of thiazole rings is 1. The molecule has 3 aromatic rings. The first-order chi connectivity index (χ1) is 14.9. The molecule has 0 bridgehead atoms. The Bertz CT molecular complexity index is 1270. The number of hydrogen-bond acceptors (Lipinski definition) is 5. The quantitative estimate of drug-likeness (QED) is 0.541. The van der Waals surface area contributed by atoms with Crippen molar-refractivity contribution >= 4 is 49.1 Å². The first-order valence-electron chi connectivity index (χ1n) is 9.88. The van der Waals surface area contributed by atoms with Gasteiger partial charge in [-0.1, -0.05) is 29.0 Å². The molecule has 0 spiro atoms. The van der Waals surface area contributed by atoms with Gasteiger partial charge in [0.05, 0.1) is 26.7 Å². The zero-order valence-corrected chi connectivity index (χ0v) is 19.3. The molecule has 1 fully saturated rings. The minimum absolute atomic E-state index is 0.190. The molecule has 1 saturated heterocycles. The van der Waals surface area contributed by atoms with Crippen LogP contribution in [0.1, 0.15) is 23.2 Å². The van der Waals surface area contributed by atoms with Crippen molar-refractivity contribution in [3.05, 3.63) is 57.9 Å². The molecule has 0 radical (unpaired) electrons. The number of nitrogens with zero attached hydrogens (tertiary/aromatic N) is 3. The van der Waals surface area contributed by atoms with E-state index in [1.807, 2.05) is 16.7 Å². The number of amides is 1. The summed E-state index contributed by atoms with van der Waals surface area (Å²) in [5, 5.41) is 0.579. The Morgan fingerprint density at radius 2 is 1.87 bits per heavy atom. The van der Waals surface area contributed by atoms with Gasteiger partial charge < -0.3 is 9.30 Å². The van der Waals surface area contributed by atoms with Crippen molar-refractivity contribution in [2.75, 3.05) is 26.8 Å². The lowest BCUT2D eigenvalue weighted by Gasteiger charge is -2.15. The lowest BCUT2D eigenvalue weighted by atomic mass is 10.2. The fourth-order valence-electron chi connectivity index (χ4n) is 3.56. The van der Waals surface area contributed by atoms with Crippen molar-refractivity contribution in [3.63, 3.8) is 0 Å². The van der Waals surface area contributed by atoms with E-state index in [1.54, 1.807) is 13.2 Å². The average molecular weight is 480 g/mol. The molecule has 1 aliphatic rings. The molecular weight excluding hydrogens is 458 g/mol. The highest BCUT2D eigenvalue weighted by Gasteiger charge is 2.27. The van der Waals surface area contributed by atoms with E-state index < -0.39 is 15.9 Å². The first-order valence-corrected chi connectivity index (χ1v) is 12.5.